The molecule has 2 nitrogen and oxygen atoms in total. The van der Waals surface area contributed by atoms with Gasteiger partial charge in [-0.05, 0) is 80.0 Å². The van der Waals surface area contributed by atoms with Crippen molar-refractivity contribution in [3.63, 3.8) is 0 Å². The molecule has 0 aromatic heterocycles. The molecule has 90 heavy (non-hydrogen) atoms. The lowest BCUT2D eigenvalue weighted by Gasteiger charge is -2.05. The molecule has 520 valence electrons. The molecule has 0 heterocycles. The summed E-state index contributed by atoms with van der Waals surface area (Å²) in [6.45, 7) is 6.94. The van der Waals surface area contributed by atoms with Gasteiger partial charge in [0.15, 0.2) is 0 Å². The predicted molar refractivity (Wildman–Crippen MR) is 411 cm³/mol. The Bertz CT molecular complexity index is 1770. The SMILES string of the molecule is CCCCCCCCCCCCCCCCCC/C=C/C(C=Nc1ccc(CCCCCCCCCCCCCCCCCCCCCCCCCCC)cc1)=Nc1ccc(CCCCCCCCCCCCCCCCCCCCCCCCCCC)cc1. The number of rotatable bonds is 73. The van der Waals surface area contributed by atoms with Crippen LogP contribution in [0, 0.1) is 0 Å². The highest BCUT2D eigenvalue weighted by molar-refractivity contribution is 6.36. The van der Waals surface area contributed by atoms with Gasteiger partial charge in [-0.1, -0.05) is 456 Å². The molecule has 2 aromatic rings. The van der Waals surface area contributed by atoms with Crippen LogP contribution in [0.2, 0.25) is 0 Å². The highest BCUT2D eigenvalue weighted by Gasteiger charge is 2.03. The maximum Gasteiger partial charge on any atom is 0.0816 e. The zero-order valence-electron chi connectivity index (χ0n) is 61.5. The molecule has 0 saturated carbocycles. The average Bonchev–Trinajstić information content (AvgIpc) is 3.00. The topological polar surface area (TPSA) is 24.7 Å². The maximum atomic E-state index is 5.15. The van der Waals surface area contributed by atoms with Gasteiger partial charge in [-0.3, -0.25) is 4.99 Å². The lowest BCUT2D eigenvalue weighted by Crippen LogP contribution is -1.95. The van der Waals surface area contributed by atoms with E-state index in [1.807, 2.05) is 6.21 Å². The summed E-state index contributed by atoms with van der Waals surface area (Å²) in [5.74, 6) is 0. The predicted octanol–water partition coefficient (Wildman–Crippen LogP) is 32.0. The number of hydrogen-bond donors (Lipinski definition) is 0. The lowest BCUT2D eigenvalue weighted by molar-refractivity contribution is 0.516. The Morgan fingerprint density at radius 2 is 0.433 bits per heavy atom. The lowest BCUT2D eigenvalue weighted by atomic mass is 10.0. The quantitative estimate of drug-likeness (QED) is 0.0466. The van der Waals surface area contributed by atoms with Crippen LogP contribution in [0.25, 0.3) is 0 Å². The number of hydrogen-bond acceptors (Lipinski definition) is 2. The fourth-order valence-corrected chi connectivity index (χ4v) is 13.8. The van der Waals surface area contributed by atoms with Crippen molar-refractivity contribution in [2.24, 2.45) is 9.98 Å². The molecule has 2 heteroatoms. The van der Waals surface area contributed by atoms with Crippen molar-refractivity contribution in [2.45, 2.75) is 464 Å². The minimum atomic E-state index is 0.943. The molecule has 0 N–H and O–H groups in total. The molecule has 0 amide bonds. The zero-order valence-corrected chi connectivity index (χ0v) is 61.5. The Morgan fingerprint density at radius 3 is 0.667 bits per heavy atom. The molecule has 2 aromatic carbocycles. The normalized spacial score (nSPS) is 12.1. The molecular weight excluding hydrogens is 1080 g/mol. The number of allylic oxidation sites excluding steroid dienone is 2. The van der Waals surface area contributed by atoms with Crippen molar-refractivity contribution < 1.29 is 0 Å². The molecule has 0 aliphatic rings. The molecule has 0 atom stereocenters. The number of aryl methyl sites for hydroxylation is 2. The first kappa shape index (κ1) is 83.6. The van der Waals surface area contributed by atoms with E-state index in [9.17, 15) is 0 Å². The summed E-state index contributed by atoms with van der Waals surface area (Å²) in [5.41, 5.74) is 5.87. The van der Waals surface area contributed by atoms with Gasteiger partial charge in [-0.25, -0.2) is 4.99 Å². The summed E-state index contributed by atoms with van der Waals surface area (Å²) < 4.78 is 0. The Balaban J connectivity index is 1.61. The Kier molecular flexibility index (Phi) is 65.8. The molecule has 0 fully saturated rings. The van der Waals surface area contributed by atoms with Gasteiger partial charge in [0, 0.05) is 0 Å². The van der Waals surface area contributed by atoms with Crippen LogP contribution in [-0.4, -0.2) is 11.9 Å². The second-order valence-electron chi connectivity index (χ2n) is 29.1. The smallest absolute Gasteiger partial charge is 0.0816 e. The molecule has 0 unspecified atom stereocenters. The van der Waals surface area contributed by atoms with Gasteiger partial charge in [-0.15, -0.1) is 0 Å². The van der Waals surface area contributed by atoms with Crippen LogP contribution in [-0.2, 0) is 12.8 Å². The Hall–Kier alpha value is -2.48. The van der Waals surface area contributed by atoms with E-state index >= 15 is 0 Å². The highest BCUT2D eigenvalue weighted by Crippen LogP contribution is 2.23. The number of nitrogens with zero attached hydrogens (tertiary/aromatic N) is 2. The summed E-state index contributed by atoms with van der Waals surface area (Å²) in [7, 11) is 0. The second-order valence-corrected chi connectivity index (χ2v) is 29.1. The van der Waals surface area contributed by atoms with E-state index in [1.165, 1.54) is 448 Å². The third-order valence-corrected chi connectivity index (χ3v) is 20.1. The van der Waals surface area contributed by atoms with Crippen LogP contribution in [0.5, 0.6) is 0 Å². The first-order valence-corrected chi connectivity index (χ1v) is 41.7. The summed E-state index contributed by atoms with van der Waals surface area (Å²) in [5, 5.41) is 0. The van der Waals surface area contributed by atoms with Gasteiger partial charge in [0.2, 0.25) is 0 Å². The summed E-state index contributed by atoms with van der Waals surface area (Å²) in [6.07, 6.45) is 105. The van der Waals surface area contributed by atoms with Gasteiger partial charge in [0.1, 0.15) is 0 Å². The fraction of sp³-hybridized carbons (Fsp3) is 0.818. The van der Waals surface area contributed by atoms with E-state index in [0.29, 0.717) is 0 Å². The van der Waals surface area contributed by atoms with Crippen molar-refractivity contribution in [1.82, 2.24) is 0 Å². The van der Waals surface area contributed by atoms with E-state index in [-0.39, 0.29) is 0 Å². The van der Waals surface area contributed by atoms with Crippen molar-refractivity contribution in [2.75, 3.05) is 0 Å². The van der Waals surface area contributed by atoms with Crippen LogP contribution in [0.3, 0.4) is 0 Å². The number of benzene rings is 2. The molecule has 0 radical (unpaired) electrons. The molecule has 0 saturated heterocycles. The molecular formula is C88H158N2. The Labute approximate surface area is 565 Å². The average molecular weight is 1240 g/mol. The van der Waals surface area contributed by atoms with E-state index in [0.717, 1.165) is 23.5 Å². The second kappa shape index (κ2) is 70.8. The third kappa shape index (κ3) is 60.5. The van der Waals surface area contributed by atoms with E-state index in [4.69, 9.17) is 9.98 Å². The van der Waals surface area contributed by atoms with Crippen molar-refractivity contribution in [3.8, 4) is 0 Å². The summed E-state index contributed by atoms with van der Waals surface area (Å²) >= 11 is 0. The molecule has 0 spiro atoms. The monoisotopic (exact) mass is 1240 g/mol. The minimum Gasteiger partial charge on any atom is -0.255 e. The van der Waals surface area contributed by atoms with Gasteiger partial charge in [-0.2, -0.15) is 0 Å². The van der Waals surface area contributed by atoms with Crippen molar-refractivity contribution >= 4 is 23.3 Å². The van der Waals surface area contributed by atoms with Gasteiger partial charge in [0.25, 0.3) is 0 Å². The summed E-state index contributed by atoms with van der Waals surface area (Å²) in [6, 6.07) is 18.1. The fourth-order valence-electron chi connectivity index (χ4n) is 13.8. The number of aliphatic imine (C=N–C) groups is 2. The number of unbranched alkanes of at least 4 members (excludes halogenated alkanes) is 64. The van der Waals surface area contributed by atoms with E-state index in [2.05, 4.69) is 81.5 Å². The van der Waals surface area contributed by atoms with Crippen molar-refractivity contribution in [3.05, 3.63) is 71.8 Å². The highest BCUT2D eigenvalue weighted by atomic mass is 14.8. The van der Waals surface area contributed by atoms with Crippen molar-refractivity contribution in [1.29, 1.82) is 0 Å². The van der Waals surface area contributed by atoms with Crippen LogP contribution in [0.1, 0.15) is 462 Å². The molecule has 2 rings (SSSR count). The summed E-state index contributed by atoms with van der Waals surface area (Å²) in [4.78, 5) is 10.1. The molecule has 0 bridgehead atoms. The molecule has 0 aliphatic heterocycles. The maximum absolute atomic E-state index is 5.15. The van der Waals surface area contributed by atoms with E-state index in [1.54, 1.807) is 0 Å². The largest absolute Gasteiger partial charge is 0.255 e. The Morgan fingerprint density at radius 1 is 0.233 bits per heavy atom. The standard InChI is InChI=1S/C88H158N2/c1-4-7-10-13-16-19-22-25-28-31-34-36-38-40-42-44-46-48-51-54-57-60-63-66-69-72-84-75-79-86(80-76-84)89-83-88(74-71-68-65-62-59-56-53-50-33-30-27-24-21-18-15-12-9-6-3)90-87-81-77-85(78-82-87)73-70-67-64-61-58-55-52-49-47-45-43-41-39-37-35-32-29-26-23-20-17-14-11-8-5-2/h71,74-83H,4-70,72-73H2,1-3H3/b74-71+,89-83?,90-88?. The van der Waals surface area contributed by atoms with Gasteiger partial charge < -0.3 is 0 Å². The van der Waals surface area contributed by atoms with Gasteiger partial charge >= 0.3 is 0 Å². The van der Waals surface area contributed by atoms with Gasteiger partial charge in [0.05, 0.1) is 23.3 Å². The first-order chi connectivity index (χ1) is 44.7. The molecule has 0 aliphatic carbocycles. The van der Waals surface area contributed by atoms with E-state index < -0.39 is 0 Å². The van der Waals surface area contributed by atoms with Crippen LogP contribution in [0.4, 0.5) is 11.4 Å². The zero-order chi connectivity index (χ0) is 63.9. The third-order valence-electron chi connectivity index (χ3n) is 20.1. The first-order valence-electron chi connectivity index (χ1n) is 41.7. The minimum absolute atomic E-state index is 0.943. The van der Waals surface area contributed by atoms with Crippen LogP contribution in [0.15, 0.2) is 70.7 Å². The van der Waals surface area contributed by atoms with Crippen LogP contribution >= 0.6 is 0 Å². The van der Waals surface area contributed by atoms with Crippen LogP contribution < -0.4 is 0 Å².